The second-order valence-corrected chi connectivity index (χ2v) is 13.0. The van der Waals surface area contributed by atoms with E-state index < -0.39 is 33.5 Å². The molecule has 10 nitrogen and oxygen atoms in total. The molecule has 12 heteroatoms. The fraction of sp³-hybridized carbons (Fsp3) is 0.281. The summed E-state index contributed by atoms with van der Waals surface area (Å²) in [6, 6.07) is 25.0. The summed E-state index contributed by atoms with van der Waals surface area (Å²) in [6.07, 6.45) is 2.54. The van der Waals surface area contributed by atoms with Crippen molar-refractivity contribution in [2.75, 3.05) is 19.1 Å². The average Bonchev–Trinajstić information content (AvgIpc) is 3.73. The highest BCUT2D eigenvalue weighted by Crippen LogP contribution is 2.49. The first kappa shape index (κ1) is 31.3. The van der Waals surface area contributed by atoms with Crippen LogP contribution in [-0.4, -0.2) is 44.7 Å². The Hall–Kier alpha value is -4.13. The molecule has 0 unspecified atom stereocenters. The first-order chi connectivity index (χ1) is 21.1. The summed E-state index contributed by atoms with van der Waals surface area (Å²) in [5.41, 5.74) is 4.79. The molecule has 1 aliphatic carbocycles. The Balaban J connectivity index is 1.34. The van der Waals surface area contributed by atoms with E-state index in [4.69, 9.17) is 14.0 Å². The standard InChI is InChI=1S/C32H33N3O7S2/c1-21-28(27(41-31(37)34-43-2)20-40-19-22-7-5-4-6-8-22)29(42-33-21)25-11-9-23(10-12-25)24-13-15-26(16-14-24)32(17-18-32)30(36)35-44(3,38)39/h4-16,27H,17-20H2,1-3H3,(H,34,37)(H,35,36)/t27-/m1/s1. The summed E-state index contributed by atoms with van der Waals surface area (Å²) in [6.45, 7) is 2.24. The molecular formula is C32H33N3O7S2. The number of aromatic nitrogens is 1. The highest BCUT2D eigenvalue weighted by Gasteiger charge is 2.52. The van der Waals surface area contributed by atoms with Crippen molar-refractivity contribution in [1.29, 1.82) is 0 Å². The van der Waals surface area contributed by atoms with E-state index in [9.17, 15) is 18.0 Å². The summed E-state index contributed by atoms with van der Waals surface area (Å²) in [5, 5.41) is 4.17. The van der Waals surface area contributed by atoms with E-state index in [0.717, 1.165) is 46.0 Å². The van der Waals surface area contributed by atoms with Crippen LogP contribution in [0.2, 0.25) is 0 Å². The van der Waals surface area contributed by atoms with Crippen molar-refractivity contribution in [3.05, 3.63) is 101 Å². The Bertz CT molecular complexity index is 1720. The van der Waals surface area contributed by atoms with Gasteiger partial charge in [-0.05, 0) is 42.0 Å². The number of sulfonamides is 1. The Labute approximate surface area is 260 Å². The Morgan fingerprint density at radius 2 is 1.59 bits per heavy atom. The van der Waals surface area contributed by atoms with Gasteiger partial charge in [-0.1, -0.05) is 96.0 Å². The zero-order valence-electron chi connectivity index (χ0n) is 24.5. The second kappa shape index (κ2) is 13.2. The van der Waals surface area contributed by atoms with E-state index in [1.165, 1.54) is 0 Å². The molecule has 1 aliphatic rings. The second-order valence-electron chi connectivity index (χ2n) is 10.7. The van der Waals surface area contributed by atoms with Gasteiger partial charge in [-0.25, -0.2) is 13.2 Å². The van der Waals surface area contributed by atoms with Gasteiger partial charge in [0.2, 0.25) is 15.9 Å². The van der Waals surface area contributed by atoms with Crippen LogP contribution in [0.5, 0.6) is 0 Å². The molecule has 230 valence electrons. The Morgan fingerprint density at radius 3 is 2.18 bits per heavy atom. The number of ether oxygens (including phenoxy) is 2. The van der Waals surface area contributed by atoms with Crippen LogP contribution in [-0.2, 0) is 36.3 Å². The molecule has 2 amide bonds. The fourth-order valence-corrected chi connectivity index (χ4v) is 5.82. The Morgan fingerprint density at radius 1 is 0.977 bits per heavy atom. The maximum atomic E-state index is 12.6. The van der Waals surface area contributed by atoms with Gasteiger partial charge in [0.25, 0.3) is 0 Å². The lowest BCUT2D eigenvalue weighted by Crippen LogP contribution is -2.38. The minimum absolute atomic E-state index is 0.0971. The minimum Gasteiger partial charge on any atom is -0.438 e. The van der Waals surface area contributed by atoms with Gasteiger partial charge in [0, 0.05) is 11.8 Å². The third kappa shape index (κ3) is 7.32. The molecule has 1 saturated carbocycles. The molecule has 2 N–H and O–H groups in total. The van der Waals surface area contributed by atoms with Crippen molar-refractivity contribution < 1.29 is 32.0 Å². The lowest BCUT2D eigenvalue weighted by atomic mass is 9.93. The topological polar surface area (TPSA) is 137 Å². The zero-order valence-corrected chi connectivity index (χ0v) is 26.2. The molecule has 0 aliphatic heterocycles. The minimum atomic E-state index is -3.63. The number of benzene rings is 3. The van der Waals surface area contributed by atoms with E-state index in [2.05, 4.69) is 14.6 Å². The number of carbonyl (C=O) groups is 2. The number of aryl methyl sites for hydroxylation is 1. The quantitative estimate of drug-likeness (QED) is 0.188. The normalized spacial score (nSPS) is 14.4. The van der Waals surface area contributed by atoms with Gasteiger partial charge in [-0.2, -0.15) is 0 Å². The maximum Gasteiger partial charge on any atom is 0.417 e. The molecule has 1 aromatic heterocycles. The summed E-state index contributed by atoms with van der Waals surface area (Å²) < 4.78 is 45.3. The van der Waals surface area contributed by atoms with Gasteiger partial charge in [0.1, 0.15) is 0 Å². The number of carbonyl (C=O) groups excluding carboxylic acids is 2. The van der Waals surface area contributed by atoms with Crippen molar-refractivity contribution >= 4 is 34.0 Å². The summed E-state index contributed by atoms with van der Waals surface area (Å²) in [7, 11) is -3.63. The number of hydrogen-bond acceptors (Lipinski definition) is 9. The number of nitrogens with zero attached hydrogens (tertiary/aromatic N) is 1. The Kier molecular flexibility index (Phi) is 9.42. The SMILES string of the molecule is CSNC(=O)O[C@H](COCc1ccccc1)c1c(C)noc1-c1ccc(-c2ccc(C3(C(=O)NS(C)(=O)=O)CC3)cc2)cc1. The van der Waals surface area contributed by atoms with E-state index in [0.29, 0.717) is 36.5 Å². The fourth-order valence-electron chi connectivity index (χ4n) is 5.07. The largest absolute Gasteiger partial charge is 0.438 e. The highest BCUT2D eigenvalue weighted by molar-refractivity contribution is 7.97. The molecule has 0 spiro atoms. The van der Waals surface area contributed by atoms with Crippen LogP contribution in [0, 0.1) is 6.92 Å². The van der Waals surface area contributed by atoms with Gasteiger partial charge >= 0.3 is 6.09 Å². The van der Waals surface area contributed by atoms with Gasteiger partial charge in [0.15, 0.2) is 11.9 Å². The predicted octanol–water partition coefficient (Wildman–Crippen LogP) is 5.69. The lowest BCUT2D eigenvalue weighted by Gasteiger charge is -2.19. The average molecular weight is 636 g/mol. The van der Waals surface area contributed by atoms with Crippen molar-refractivity contribution in [2.24, 2.45) is 0 Å². The molecule has 44 heavy (non-hydrogen) atoms. The number of rotatable bonds is 12. The molecule has 1 heterocycles. The zero-order chi connectivity index (χ0) is 31.3. The van der Waals surface area contributed by atoms with Gasteiger partial charge in [-0.3, -0.25) is 14.2 Å². The van der Waals surface area contributed by atoms with Crippen molar-refractivity contribution in [2.45, 2.75) is 37.9 Å². The van der Waals surface area contributed by atoms with Crippen molar-refractivity contribution in [1.82, 2.24) is 14.6 Å². The molecule has 1 atom stereocenters. The summed E-state index contributed by atoms with van der Waals surface area (Å²) in [4.78, 5) is 25.0. The monoisotopic (exact) mass is 635 g/mol. The third-order valence-electron chi connectivity index (χ3n) is 7.43. The highest BCUT2D eigenvalue weighted by atomic mass is 32.2. The van der Waals surface area contributed by atoms with E-state index in [1.54, 1.807) is 13.2 Å². The summed E-state index contributed by atoms with van der Waals surface area (Å²) >= 11 is 1.13. The third-order valence-corrected chi connectivity index (χ3v) is 8.35. The predicted molar refractivity (Wildman–Crippen MR) is 168 cm³/mol. The lowest BCUT2D eigenvalue weighted by molar-refractivity contribution is -0.121. The number of hydrogen-bond donors (Lipinski definition) is 2. The number of nitrogens with one attached hydrogen (secondary N) is 2. The van der Waals surface area contributed by atoms with E-state index >= 15 is 0 Å². The van der Waals surface area contributed by atoms with E-state index in [-0.39, 0.29) is 6.61 Å². The molecule has 4 aromatic rings. The first-order valence-corrected chi connectivity index (χ1v) is 17.0. The van der Waals surface area contributed by atoms with Crippen LogP contribution in [0.15, 0.2) is 83.4 Å². The molecule has 5 rings (SSSR count). The van der Waals surface area contributed by atoms with Crippen LogP contribution in [0.25, 0.3) is 22.5 Å². The van der Waals surface area contributed by atoms with Gasteiger partial charge in [-0.15, -0.1) is 0 Å². The van der Waals surface area contributed by atoms with Crippen LogP contribution in [0.4, 0.5) is 4.79 Å². The van der Waals surface area contributed by atoms with Crippen LogP contribution in [0.3, 0.4) is 0 Å². The van der Waals surface area contributed by atoms with Gasteiger partial charge < -0.3 is 14.0 Å². The van der Waals surface area contributed by atoms with E-state index in [1.807, 2.05) is 78.9 Å². The number of amides is 2. The molecule has 0 saturated heterocycles. The molecule has 3 aromatic carbocycles. The van der Waals surface area contributed by atoms with Gasteiger partial charge in [0.05, 0.1) is 36.1 Å². The molecule has 0 radical (unpaired) electrons. The van der Waals surface area contributed by atoms with Crippen molar-refractivity contribution in [3.63, 3.8) is 0 Å². The maximum absolute atomic E-state index is 12.6. The molecule has 1 fully saturated rings. The van der Waals surface area contributed by atoms with Crippen LogP contribution >= 0.6 is 11.9 Å². The molecular weight excluding hydrogens is 603 g/mol. The smallest absolute Gasteiger partial charge is 0.417 e. The van der Waals surface area contributed by atoms with Crippen LogP contribution in [0.1, 0.15) is 41.3 Å². The molecule has 0 bridgehead atoms. The van der Waals surface area contributed by atoms with Crippen LogP contribution < -0.4 is 9.44 Å². The first-order valence-electron chi connectivity index (χ1n) is 13.9. The summed E-state index contributed by atoms with van der Waals surface area (Å²) in [5.74, 6) is -0.0174. The van der Waals surface area contributed by atoms with Crippen molar-refractivity contribution in [3.8, 4) is 22.5 Å².